The lowest BCUT2D eigenvalue weighted by molar-refractivity contribution is 1.18. The fourth-order valence-electron chi connectivity index (χ4n) is 9.42. The average molecular weight is 737 g/mol. The first-order valence-electron chi connectivity index (χ1n) is 20.0. The molecule has 0 aliphatic rings. The summed E-state index contributed by atoms with van der Waals surface area (Å²) < 4.78 is 2.45. The molecule has 0 N–H and O–H groups in total. The molecule has 0 atom stereocenters. The molecule has 0 saturated heterocycles. The lowest BCUT2D eigenvalue weighted by Crippen LogP contribution is -2.09. The third kappa shape index (κ3) is 5.05. The van der Waals surface area contributed by atoms with E-state index in [2.05, 4.69) is 228 Å². The molecule has 1 aromatic heterocycles. The number of nitrogens with zero attached hydrogens (tertiary/aromatic N) is 2. The van der Waals surface area contributed by atoms with Gasteiger partial charge in [0.2, 0.25) is 0 Å². The number of para-hydroxylation sites is 3. The third-order valence-corrected chi connectivity index (χ3v) is 12.1. The largest absolute Gasteiger partial charge is 0.310 e. The zero-order valence-electron chi connectivity index (χ0n) is 31.7. The molecule has 0 amide bonds. The number of anilines is 3. The third-order valence-electron chi connectivity index (χ3n) is 12.1. The Morgan fingerprint density at radius 2 is 0.828 bits per heavy atom. The van der Waals surface area contributed by atoms with E-state index < -0.39 is 0 Å². The molecule has 0 saturated carbocycles. The number of hydrogen-bond acceptors (Lipinski definition) is 1. The monoisotopic (exact) mass is 736 g/mol. The van der Waals surface area contributed by atoms with Crippen LogP contribution in [0.3, 0.4) is 0 Å². The first-order valence-corrected chi connectivity index (χ1v) is 20.0. The zero-order chi connectivity index (χ0) is 38.2. The van der Waals surface area contributed by atoms with Gasteiger partial charge in [-0.1, -0.05) is 140 Å². The van der Waals surface area contributed by atoms with E-state index in [1.807, 2.05) is 0 Å². The molecule has 0 bridgehead atoms. The first kappa shape index (κ1) is 32.6. The van der Waals surface area contributed by atoms with Gasteiger partial charge in [-0.05, 0) is 144 Å². The summed E-state index contributed by atoms with van der Waals surface area (Å²) in [4.78, 5) is 2.35. The summed E-state index contributed by atoms with van der Waals surface area (Å²) in [6.07, 6.45) is 0. The number of hydrogen-bond donors (Lipinski definition) is 0. The van der Waals surface area contributed by atoms with Crippen LogP contribution in [0.2, 0.25) is 0 Å². The van der Waals surface area contributed by atoms with Crippen molar-refractivity contribution in [2.24, 2.45) is 0 Å². The minimum absolute atomic E-state index is 1.13. The molecule has 11 aromatic carbocycles. The summed E-state index contributed by atoms with van der Waals surface area (Å²) in [5, 5.41) is 15.1. The van der Waals surface area contributed by atoms with Crippen LogP contribution in [0.25, 0.3) is 92.5 Å². The summed E-state index contributed by atoms with van der Waals surface area (Å²) in [6.45, 7) is 0. The van der Waals surface area contributed by atoms with Crippen LogP contribution in [0, 0.1) is 0 Å². The van der Waals surface area contributed by atoms with Gasteiger partial charge in [-0.2, -0.15) is 0 Å². The highest BCUT2D eigenvalue weighted by atomic mass is 15.1. The minimum atomic E-state index is 1.13. The standard InChI is InChI=1S/C56H36N2/c1-4-16-42(17-5-1)57(43-18-6-2-7-19-43)45-28-30-48-52(35-45)47-23-13-12-22-46(47)51-33-41-27-31-54-56(50(41)36-53(48)51)49-29-26-40(34-55(49)58(54)44-20-8-3-9-21-44)39-25-24-37-14-10-11-15-38(37)32-39/h1-36H. The molecule has 58 heavy (non-hydrogen) atoms. The van der Waals surface area contributed by atoms with Crippen LogP contribution in [0.1, 0.15) is 0 Å². The Morgan fingerprint density at radius 1 is 0.276 bits per heavy atom. The molecule has 0 radical (unpaired) electrons. The smallest absolute Gasteiger partial charge is 0.0547 e. The highest BCUT2D eigenvalue weighted by Gasteiger charge is 2.19. The van der Waals surface area contributed by atoms with E-state index in [1.54, 1.807) is 0 Å². The maximum atomic E-state index is 2.47. The van der Waals surface area contributed by atoms with E-state index in [0.29, 0.717) is 0 Å². The summed E-state index contributed by atoms with van der Waals surface area (Å²) in [5.41, 5.74) is 9.38. The molecule has 0 spiro atoms. The summed E-state index contributed by atoms with van der Waals surface area (Å²) in [6, 6.07) is 80.0. The topological polar surface area (TPSA) is 8.17 Å². The molecule has 12 rings (SSSR count). The van der Waals surface area contributed by atoms with Gasteiger partial charge in [0.05, 0.1) is 11.0 Å². The predicted molar refractivity (Wildman–Crippen MR) is 248 cm³/mol. The second-order valence-corrected chi connectivity index (χ2v) is 15.3. The molecule has 2 nitrogen and oxygen atoms in total. The van der Waals surface area contributed by atoms with Crippen molar-refractivity contribution in [3.8, 4) is 16.8 Å². The van der Waals surface area contributed by atoms with Gasteiger partial charge in [-0.15, -0.1) is 0 Å². The van der Waals surface area contributed by atoms with Gasteiger partial charge in [0.25, 0.3) is 0 Å². The van der Waals surface area contributed by atoms with Crippen LogP contribution >= 0.6 is 0 Å². The number of rotatable bonds is 5. The normalized spacial score (nSPS) is 11.8. The predicted octanol–water partition coefficient (Wildman–Crippen LogP) is 15.7. The second kappa shape index (κ2) is 12.9. The van der Waals surface area contributed by atoms with Crippen molar-refractivity contribution in [2.75, 3.05) is 4.90 Å². The number of aromatic nitrogens is 1. The van der Waals surface area contributed by atoms with Crippen molar-refractivity contribution in [3.63, 3.8) is 0 Å². The fraction of sp³-hybridized carbons (Fsp3) is 0. The average Bonchev–Trinajstić information content (AvgIpc) is 3.63. The van der Waals surface area contributed by atoms with E-state index in [-0.39, 0.29) is 0 Å². The van der Waals surface area contributed by atoms with E-state index >= 15 is 0 Å². The van der Waals surface area contributed by atoms with Crippen molar-refractivity contribution < 1.29 is 0 Å². The Balaban J connectivity index is 1.14. The summed E-state index contributed by atoms with van der Waals surface area (Å²) in [7, 11) is 0. The maximum Gasteiger partial charge on any atom is 0.0547 e. The molecular weight excluding hydrogens is 701 g/mol. The summed E-state index contributed by atoms with van der Waals surface area (Å²) >= 11 is 0. The second-order valence-electron chi connectivity index (χ2n) is 15.3. The molecule has 270 valence electrons. The van der Waals surface area contributed by atoms with Gasteiger partial charge in [-0.25, -0.2) is 0 Å². The van der Waals surface area contributed by atoms with Gasteiger partial charge in [0.1, 0.15) is 0 Å². The number of benzene rings is 11. The molecular formula is C56H36N2. The lowest BCUT2D eigenvalue weighted by atomic mass is 9.91. The molecule has 12 aromatic rings. The molecule has 0 unspecified atom stereocenters. The van der Waals surface area contributed by atoms with E-state index in [0.717, 1.165) is 22.7 Å². The molecule has 0 aliphatic heterocycles. The Bertz CT molecular complexity index is 3510. The molecule has 0 aliphatic carbocycles. The van der Waals surface area contributed by atoms with Crippen molar-refractivity contribution >= 4 is 92.7 Å². The Labute approximate surface area is 336 Å². The van der Waals surface area contributed by atoms with Crippen LogP contribution in [0.15, 0.2) is 218 Å². The van der Waals surface area contributed by atoms with Gasteiger partial charge in [0, 0.05) is 33.5 Å². The van der Waals surface area contributed by atoms with Crippen LogP contribution in [0.5, 0.6) is 0 Å². The van der Waals surface area contributed by atoms with Gasteiger partial charge < -0.3 is 9.47 Å². The van der Waals surface area contributed by atoms with Gasteiger partial charge in [0.15, 0.2) is 0 Å². The van der Waals surface area contributed by atoms with Crippen molar-refractivity contribution in [1.29, 1.82) is 0 Å². The van der Waals surface area contributed by atoms with E-state index in [4.69, 9.17) is 0 Å². The molecule has 2 heteroatoms. The Kier molecular flexibility index (Phi) is 7.26. The van der Waals surface area contributed by atoms with Crippen LogP contribution in [-0.2, 0) is 0 Å². The maximum absolute atomic E-state index is 2.47. The summed E-state index contributed by atoms with van der Waals surface area (Å²) in [5.74, 6) is 0. The van der Waals surface area contributed by atoms with E-state index in [9.17, 15) is 0 Å². The van der Waals surface area contributed by atoms with E-state index in [1.165, 1.54) is 86.8 Å². The number of fused-ring (bicyclic) bond motifs is 12. The van der Waals surface area contributed by atoms with Crippen LogP contribution < -0.4 is 4.90 Å². The highest BCUT2D eigenvalue weighted by molar-refractivity contribution is 6.31. The van der Waals surface area contributed by atoms with Gasteiger partial charge >= 0.3 is 0 Å². The SMILES string of the molecule is c1ccc(N(c2ccccc2)c2ccc3c(c2)c2ccccc2c2cc4ccc5c(c4cc32)c2ccc(-c3ccc4ccccc4c3)cc2n5-c2ccccc2)cc1. The van der Waals surface area contributed by atoms with Crippen molar-refractivity contribution in [2.45, 2.75) is 0 Å². The Hall–Kier alpha value is -7.68. The van der Waals surface area contributed by atoms with Crippen molar-refractivity contribution in [3.05, 3.63) is 218 Å². The Morgan fingerprint density at radius 3 is 1.57 bits per heavy atom. The highest BCUT2D eigenvalue weighted by Crippen LogP contribution is 2.45. The van der Waals surface area contributed by atoms with Crippen LogP contribution in [-0.4, -0.2) is 4.57 Å². The molecule has 0 fully saturated rings. The van der Waals surface area contributed by atoms with Gasteiger partial charge in [-0.3, -0.25) is 0 Å². The zero-order valence-corrected chi connectivity index (χ0v) is 31.7. The minimum Gasteiger partial charge on any atom is -0.310 e. The quantitative estimate of drug-likeness (QED) is 0.126. The van der Waals surface area contributed by atoms with Crippen molar-refractivity contribution in [1.82, 2.24) is 4.57 Å². The first-order chi connectivity index (χ1) is 28.8. The lowest BCUT2D eigenvalue weighted by Gasteiger charge is -2.26. The molecule has 1 heterocycles. The van der Waals surface area contributed by atoms with Crippen LogP contribution in [0.4, 0.5) is 17.1 Å². The fourth-order valence-corrected chi connectivity index (χ4v) is 9.42.